The fourth-order valence-corrected chi connectivity index (χ4v) is 2.92. The quantitative estimate of drug-likeness (QED) is 0.769. The minimum atomic E-state index is 0.939. The lowest BCUT2D eigenvalue weighted by Crippen LogP contribution is -2.11. The Morgan fingerprint density at radius 3 is 2.68 bits per heavy atom. The maximum atomic E-state index is 4.61. The second-order valence-corrected chi connectivity index (χ2v) is 5.46. The highest BCUT2D eigenvalue weighted by Gasteiger charge is 2.15. The molecule has 0 bridgehead atoms. The lowest BCUT2D eigenvalue weighted by molar-refractivity contribution is 1.03. The van der Waals surface area contributed by atoms with Gasteiger partial charge in [-0.25, -0.2) is 0 Å². The van der Waals surface area contributed by atoms with Gasteiger partial charge in [0, 0.05) is 17.0 Å². The molecule has 0 unspecified atom stereocenters. The second-order valence-electron chi connectivity index (χ2n) is 4.98. The van der Waals surface area contributed by atoms with Crippen LogP contribution in [-0.2, 0) is 6.42 Å². The Balaban J connectivity index is 1.98. The summed E-state index contributed by atoms with van der Waals surface area (Å²) < 4.78 is 0. The van der Waals surface area contributed by atoms with Crippen molar-refractivity contribution >= 4 is 23.9 Å². The molecule has 19 heavy (non-hydrogen) atoms. The van der Waals surface area contributed by atoms with Crippen LogP contribution >= 0.6 is 12.6 Å². The van der Waals surface area contributed by atoms with E-state index >= 15 is 0 Å². The van der Waals surface area contributed by atoms with Crippen molar-refractivity contribution in [3.63, 3.8) is 0 Å². The smallest absolute Gasteiger partial charge is 0.0552 e. The molecule has 0 atom stereocenters. The zero-order valence-corrected chi connectivity index (χ0v) is 11.7. The molecule has 0 fully saturated rings. The number of hydrogen-bond donors (Lipinski definition) is 2. The van der Waals surface area contributed by atoms with Crippen LogP contribution < -0.4 is 5.32 Å². The molecule has 0 saturated heterocycles. The summed E-state index contributed by atoms with van der Waals surface area (Å²) >= 11 is 4.61. The maximum Gasteiger partial charge on any atom is 0.0552 e. The first kappa shape index (κ1) is 12.4. The summed E-state index contributed by atoms with van der Waals surface area (Å²) in [6.45, 7) is 5.13. The van der Waals surface area contributed by atoms with E-state index in [0.29, 0.717) is 0 Å². The molecule has 0 aromatic heterocycles. The molecular weight excluding hydrogens is 250 g/mol. The molecule has 0 aliphatic carbocycles. The number of rotatable bonds is 2. The van der Waals surface area contributed by atoms with Gasteiger partial charge >= 0.3 is 0 Å². The van der Waals surface area contributed by atoms with E-state index in [4.69, 9.17) is 0 Å². The molecule has 2 aromatic rings. The molecule has 96 valence electrons. The number of fused-ring (bicyclic) bond motifs is 1. The molecule has 1 aliphatic rings. The van der Waals surface area contributed by atoms with Crippen LogP contribution in [0.3, 0.4) is 0 Å². The Bertz CT molecular complexity index is 617. The first-order chi connectivity index (χ1) is 9.24. The fraction of sp³-hybridized carbons (Fsp3) is 0.176. The van der Waals surface area contributed by atoms with E-state index in [1.807, 2.05) is 6.07 Å². The molecule has 1 heterocycles. The molecule has 1 aliphatic heterocycles. The summed E-state index contributed by atoms with van der Waals surface area (Å²) in [5.74, 6) is 0. The Morgan fingerprint density at radius 2 is 1.89 bits per heavy atom. The SMILES string of the molecule is C=C1CCNc2c(S)cc(Cc3ccccc3)cc21. The van der Waals surface area contributed by atoms with Gasteiger partial charge in [-0.2, -0.15) is 0 Å². The van der Waals surface area contributed by atoms with Crippen LogP contribution in [0.15, 0.2) is 53.9 Å². The average Bonchev–Trinajstić information content (AvgIpc) is 2.41. The summed E-state index contributed by atoms with van der Waals surface area (Å²) in [7, 11) is 0. The van der Waals surface area contributed by atoms with Crippen LogP contribution in [0.4, 0.5) is 5.69 Å². The lowest BCUT2D eigenvalue weighted by Gasteiger charge is -2.23. The van der Waals surface area contributed by atoms with E-state index in [-0.39, 0.29) is 0 Å². The van der Waals surface area contributed by atoms with Gasteiger partial charge in [0.2, 0.25) is 0 Å². The predicted octanol–water partition coefficient (Wildman–Crippen LogP) is 4.39. The van der Waals surface area contributed by atoms with Crippen molar-refractivity contribution in [2.24, 2.45) is 0 Å². The van der Waals surface area contributed by atoms with E-state index in [1.54, 1.807) is 0 Å². The van der Waals surface area contributed by atoms with Crippen LogP contribution in [0.5, 0.6) is 0 Å². The van der Waals surface area contributed by atoms with Gasteiger partial charge in [-0.1, -0.05) is 36.9 Å². The molecule has 0 spiro atoms. The van der Waals surface area contributed by atoms with E-state index in [1.165, 1.54) is 22.3 Å². The number of hydrogen-bond acceptors (Lipinski definition) is 2. The maximum absolute atomic E-state index is 4.61. The number of nitrogens with one attached hydrogen (secondary N) is 1. The van der Waals surface area contributed by atoms with E-state index in [0.717, 1.165) is 30.0 Å². The lowest BCUT2D eigenvalue weighted by atomic mass is 9.94. The summed E-state index contributed by atoms with van der Waals surface area (Å²) in [5, 5.41) is 3.42. The summed E-state index contributed by atoms with van der Waals surface area (Å²) in [4.78, 5) is 1.02. The Morgan fingerprint density at radius 1 is 1.11 bits per heavy atom. The normalized spacial score (nSPS) is 13.8. The summed E-state index contributed by atoms with van der Waals surface area (Å²) in [5.41, 5.74) is 6.18. The third kappa shape index (κ3) is 2.54. The van der Waals surface area contributed by atoms with E-state index in [2.05, 4.69) is 60.9 Å². The van der Waals surface area contributed by atoms with Gasteiger partial charge in [0.25, 0.3) is 0 Å². The molecule has 0 radical (unpaired) electrons. The predicted molar refractivity (Wildman–Crippen MR) is 85.1 cm³/mol. The van der Waals surface area contributed by atoms with Crippen molar-refractivity contribution in [1.82, 2.24) is 0 Å². The van der Waals surface area contributed by atoms with Crippen molar-refractivity contribution in [3.8, 4) is 0 Å². The molecule has 3 rings (SSSR count). The van der Waals surface area contributed by atoms with Gasteiger partial charge in [-0.15, -0.1) is 12.6 Å². The highest BCUT2D eigenvalue weighted by molar-refractivity contribution is 7.80. The minimum absolute atomic E-state index is 0.939. The van der Waals surface area contributed by atoms with E-state index < -0.39 is 0 Å². The first-order valence-corrected chi connectivity index (χ1v) is 7.00. The highest BCUT2D eigenvalue weighted by atomic mass is 32.1. The summed E-state index contributed by atoms with van der Waals surface area (Å²) in [6.07, 6.45) is 1.95. The Kier molecular flexibility index (Phi) is 3.34. The third-order valence-corrected chi connectivity index (χ3v) is 3.89. The van der Waals surface area contributed by atoms with Crippen molar-refractivity contribution < 1.29 is 0 Å². The Labute approximate surface area is 119 Å². The zero-order valence-electron chi connectivity index (χ0n) is 10.8. The minimum Gasteiger partial charge on any atom is -0.383 e. The standard InChI is InChI=1S/C17H17NS/c1-12-7-8-18-17-15(12)10-14(11-16(17)19)9-13-5-3-2-4-6-13/h2-6,10-11,18-19H,1,7-9H2. The zero-order chi connectivity index (χ0) is 13.2. The fourth-order valence-electron chi connectivity index (χ4n) is 2.56. The molecular formula is C17H17NS. The topological polar surface area (TPSA) is 12.0 Å². The van der Waals surface area contributed by atoms with Gasteiger partial charge in [0.05, 0.1) is 5.69 Å². The van der Waals surface area contributed by atoms with Crippen LogP contribution in [0.1, 0.15) is 23.1 Å². The molecule has 1 N–H and O–H groups in total. The number of anilines is 1. The van der Waals surface area contributed by atoms with Crippen LogP contribution in [0.2, 0.25) is 0 Å². The van der Waals surface area contributed by atoms with Gasteiger partial charge in [-0.3, -0.25) is 0 Å². The molecule has 0 saturated carbocycles. The van der Waals surface area contributed by atoms with Crippen molar-refractivity contribution in [1.29, 1.82) is 0 Å². The first-order valence-electron chi connectivity index (χ1n) is 6.56. The Hall–Kier alpha value is -1.67. The van der Waals surface area contributed by atoms with Gasteiger partial charge in [0.1, 0.15) is 0 Å². The number of thiol groups is 1. The van der Waals surface area contributed by atoms with Crippen LogP contribution in [-0.4, -0.2) is 6.54 Å². The highest BCUT2D eigenvalue weighted by Crippen LogP contribution is 2.35. The van der Waals surface area contributed by atoms with Crippen molar-refractivity contribution in [2.45, 2.75) is 17.7 Å². The average molecular weight is 267 g/mol. The van der Waals surface area contributed by atoms with E-state index in [9.17, 15) is 0 Å². The molecule has 1 nitrogen and oxygen atoms in total. The van der Waals surface area contributed by atoms with Gasteiger partial charge in [0.15, 0.2) is 0 Å². The monoisotopic (exact) mass is 267 g/mol. The summed E-state index contributed by atoms with van der Waals surface area (Å²) in [6, 6.07) is 14.9. The molecule has 0 amide bonds. The van der Waals surface area contributed by atoms with Crippen molar-refractivity contribution in [2.75, 3.05) is 11.9 Å². The second kappa shape index (κ2) is 5.14. The van der Waals surface area contributed by atoms with Crippen LogP contribution in [0, 0.1) is 0 Å². The molecule has 2 heteroatoms. The van der Waals surface area contributed by atoms with Gasteiger partial charge < -0.3 is 5.32 Å². The third-order valence-electron chi connectivity index (χ3n) is 3.54. The molecule has 2 aromatic carbocycles. The van der Waals surface area contributed by atoms with Crippen LogP contribution in [0.25, 0.3) is 5.57 Å². The number of benzene rings is 2. The van der Waals surface area contributed by atoms with Crippen molar-refractivity contribution in [3.05, 3.63) is 65.7 Å². The van der Waals surface area contributed by atoms with Gasteiger partial charge in [-0.05, 0) is 41.7 Å². The largest absolute Gasteiger partial charge is 0.383 e.